The van der Waals surface area contributed by atoms with Gasteiger partial charge in [0, 0.05) is 20.1 Å². The van der Waals surface area contributed by atoms with Crippen molar-refractivity contribution in [2.24, 2.45) is 7.05 Å². The molecule has 2 aromatic heterocycles. The van der Waals surface area contributed by atoms with E-state index in [-0.39, 0.29) is 18.4 Å². The van der Waals surface area contributed by atoms with Gasteiger partial charge in [0.15, 0.2) is 0 Å². The van der Waals surface area contributed by atoms with E-state index < -0.39 is 6.04 Å². The Morgan fingerprint density at radius 1 is 1.35 bits per heavy atom. The Kier molecular flexibility index (Phi) is 4.06. The van der Waals surface area contributed by atoms with E-state index in [1.165, 1.54) is 0 Å². The predicted molar refractivity (Wildman–Crippen MR) is 84.8 cm³/mol. The lowest BCUT2D eigenvalue weighted by molar-refractivity contribution is -0.132. The molecule has 1 saturated heterocycles. The number of carbonyl (C=O) groups is 2. The minimum Gasteiger partial charge on any atom is -0.345 e. The Morgan fingerprint density at radius 2 is 2.04 bits per heavy atom. The molecule has 3 heterocycles. The first-order valence-corrected chi connectivity index (χ1v) is 7.91. The van der Waals surface area contributed by atoms with Crippen LogP contribution >= 0.6 is 0 Å². The molecule has 1 N–H and O–H groups in total. The summed E-state index contributed by atoms with van der Waals surface area (Å²) < 4.78 is 3.41. The van der Waals surface area contributed by atoms with Crippen LogP contribution < -0.4 is 5.32 Å². The number of aryl methyl sites for hydroxylation is 2. The number of amides is 2. The van der Waals surface area contributed by atoms with Crippen molar-refractivity contribution < 1.29 is 9.59 Å². The van der Waals surface area contributed by atoms with Crippen molar-refractivity contribution in [3.63, 3.8) is 0 Å². The highest BCUT2D eigenvalue weighted by Gasteiger charge is 2.23. The van der Waals surface area contributed by atoms with Crippen molar-refractivity contribution in [2.45, 2.75) is 32.7 Å². The highest BCUT2D eigenvalue weighted by molar-refractivity contribution is 5.88. The van der Waals surface area contributed by atoms with E-state index in [0.29, 0.717) is 0 Å². The maximum Gasteiger partial charge on any atom is 0.245 e. The summed E-state index contributed by atoms with van der Waals surface area (Å²) in [6, 6.07) is -0.498. The number of carbonyl (C=O) groups excluding carboxylic acids is 2. The number of hydrogen-bond donors (Lipinski definition) is 1. The van der Waals surface area contributed by atoms with Crippen LogP contribution in [0.5, 0.6) is 0 Å². The zero-order chi connectivity index (χ0) is 16.6. The maximum absolute atomic E-state index is 12.4. The average Bonchev–Trinajstić information content (AvgIpc) is 3.23. The number of likely N-dealkylation sites (tertiary alicyclic amines) is 1. The van der Waals surface area contributed by atoms with Crippen molar-refractivity contribution in [1.29, 1.82) is 0 Å². The topological polar surface area (TPSA) is 85.0 Å². The smallest absolute Gasteiger partial charge is 0.245 e. The lowest BCUT2D eigenvalue weighted by Gasteiger charge is -2.17. The van der Waals surface area contributed by atoms with Crippen LogP contribution in [0.4, 0.5) is 0 Å². The van der Waals surface area contributed by atoms with Crippen molar-refractivity contribution in [3.05, 3.63) is 11.9 Å². The molecule has 0 radical (unpaired) electrons. The first-order chi connectivity index (χ1) is 11.0. The van der Waals surface area contributed by atoms with Gasteiger partial charge in [-0.1, -0.05) is 0 Å². The summed E-state index contributed by atoms with van der Waals surface area (Å²) in [7, 11) is 1.85. The molecule has 3 rings (SSSR count). The first kappa shape index (κ1) is 15.5. The van der Waals surface area contributed by atoms with E-state index in [4.69, 9.17) is 0 Å². The van der Waals surface area contributed by atoms with Crippen LogP contribution in [0.3, 0.4) is 0 Å². The summed E-state index contributed by atoms with van der Waals surface area (Å²) in [6.07, 6.45) is 3.79. The molecule has 1 aliphatic heterocycles. The molecule has 0 spiro atoms. The minimum atomic E-state index is -0.498. The summed E-state index contributed by atoms with van der Waals surface area (Å²) in [4.78, 5) is 26.2. The SMILES string of the molecule is Cc1nn(C)c2cnn(C(C)C(=O)NCC(=O)N3CCCC3)c12. The molecule has 0 aliphatic carbocycles. The second-order valence-electron chi connectivity index (χ2n) is 6.01. The Morgan fingerprint density at radius 3 is 2.74 bits per heavy atom. The van der Waals surface area contributed by atoms with Gasteiger partial charge in [0.1, 0.15) is 17.1 Å². The van der Waals surface area contributed by atoms with Gasteiger partial charge in [-0.25, -0.2) is 4.68 Å². The van der Waals surface area contributed by atoms with E-state index >= 15 is 0 Å². The molecule has 1 aliphatic rings. The van der Waals surface area contributed by atoms with Crippen LogP contribution in [0.25, 0.3) is 11.0 Å². The normalized spacial score (nSPS) is 16.0. The van der Waals surface area contributed by atoms with E-state index in [1.807, 2.05) is 14.0 Å². The molecule has 124 valence electrons. The molecule has 0 saturated carbocycles. The molecule has 1 unspecified atom stereocenters. The third-order valence-electron chi connectivity index (χ3n) is 4.39. The zero-order valence-electron chi connectivity index (χ0n) is 13.7. The Bertz CT molecular complexity index is 741. The predicted octanol–water partition coefficient (Wildman–Crippen LogP) is 0.378. The van der Waals surface area contributed by atoms with E-state index in [1.54, 1.807) is 27.4 Å². The molecule has 1 fully saturated rings. The summed E-state index contributed by atoms with van der Waals surface area (Å²) in [6.45, 7) is 5.29. The Hall–Kier alpha value is -2.38. The molecule has 0 aromatic carbocycles. The third kappa shape index (κ3) is 2.80. The van der Waals surface area contributed by atoms with Crippen LogP contribution in [0, 0.1) is 6.92 Å². The van der Waals surface area contributed by atoms with Gasteiger partial charge in [0.25, 0.3) is 0 Å². The monoisotopic (exact) mass is 318 g/mol. The molecule has 2 aromatic rings. The fourth-order valence-electron chi connectivity index (χ4n) is 3.06. The van der Waals surface area contributed by atoms with Crippen molar-refractivity contribution in [2.75, 3.05) is 19.6 Å². The van der Waals surface area contributed by atoms with E-state index in [2.05, 4.69) is 15.5 Å². The number of fused-ring (bicyclic) bond motifs is 1. The first-order valence-electron chi connectivity index (χ1n) is 7.91. The summed E-state index contributed by atoms with van der Waals surface area (Å²) >= 11 is 0. The van der Waals surface area contributed by atoms with Crippen molar-refractivity contribution in [3.8, 4) is 0 Å². The van der Waals surface area contributed by atoms with Gasteiger partial charge in [0.2, 0.25) is 11.8 Å². The molecule has 2 amide bonds. The van der Waals surface area contributed by atoms with E-state index in [0.717, 1.165) is 42.7 Å². The second kappa shape index (κ2) is 6.02. The van der Waals surface area contributed by atoms with Gasteiger partial charge < -0.3 is 10.2 Å². The standard InChI is InChI=1S/C15H22N6O2/c1-10-14-12(19(3)18-10)8-17-21(14)11(2)15(23)16-9-13(22)20-6-4-5-7-20/h8,11H,4-7,9H2,1-3H3,(H,16,23). The van der Waals surface area contributed by atoms with Gasteiger partial charge in [-0.05, 0) is 26.7 Å². The Labute approximate surface area is 134 Å². The van der Waals surface area contributed by atoms with Gasteiger partial charge >= 0.3 is 0 Å². The molecule has 8 heteroatoms. The minimum absolute atomic E-state index is 0.0220. The van der Waals surface area contributed by atoms with Crippen LogP contribution in [0.2, 0.25) is 0 Å². The molecular formula is C15H22N6O2. The summed E-state index contributed by atoms with van der Waals surface area (Å²) in [5.41, 5.74) is 2.56. The second-order valence-corrected chi connectivity index (χ2v) is 6.01. The molecule has 1 atom stereocenters. The van der Waals surface area contributed by atoms with Crippen molar-refractivity contribution >= 4 is 22.8 Å². The van der Waals surface area contributed by atoms with Crippen molar-refractivity contribution in [1.82, 2.24) is 29.8 Å². The Balaban J connectivity index is 1.68. The maximum atomic E-state index is 12.4. The summed E-state index contributed by atoms with van der Waals surface area (Å²) in [5, 5.41) is 11.4. The van der Waals surface area contributed by atoms with Gasteiger partial charge in [0.05, 0.1) is 18.4 Å². The number of rotatable bonds is 4. The molecule has 8 nitrogen and oxygen atoms in total. The number of hydrogen-bond acceptors (Lipinski definition) is 4. The van der Waals surface area contributed by atoms with Gasteiger partial charge in [-0.15, -0.1) is 0 Å². The quantitative estimate of drug-likeness (QED) is 0.883. The highest BCUT2D eigenvalue weighted by Crippen LogP contribution is 2.20. The molecule has 0 bridgehead atoms. The summed E-state index contributed by atoms with van der Waals surface area (Å²) in [5.74, 6) is -0.239. The zero-order valence-corrected chi connectivity index (χ0v) is 13.7. The van der Waals surface area contributed by atoms with Crippen LogP contribution in [0.15, 0.2) is 6.20 Å². The number of aromatic nitrogens is 4. The lowest BCUT2D eigenvalue weighted by Crippen LogP contribution is -2.41. The number of nitrogens with one attached hydrogen (secondary N) is 1. The fourth-order valence-corrected chi connectivity index (χ4v) is 3.06. The molecular weight excluding hydrogens is 296 g/mol. The van der Waals surface area contributed by atoms with Gasteiger partial charge in [-0.2, -0.15) is 10.2 Å². The molecule has 23 heavy (non-hydrogen) atoms. The number of nitrogens with zero attached hydrogens (tertiary/aromatic N) is 5. The lowest BCUT2D eigenvalue weighted by atomic mass is 10.3. The highest BCUT2D eigenvalue weighted by atomic mass is 16.2. The third-order valence-corrected chi connectivity index (χ3v) is 4.39. The van der Waals surface area contributed by atoms with Crippen LogP contribution in [0.1, 0.15) is 31.5 Å². The average molecular weight is 318 g/mol. The van der Waals surface area contributed by atoms with Crippen LogP contribution in [-0.4, -0.2) is 55.9 Å². The largest absolute Gasteiger partial charge is 0.345 e. The van der Waals surface area contributed by atoms with E-state index in [9.17, 15) is 9.59 Å². The van der Waals surface area contributed by atoms with Gasteiger partial charge in [-0.3, -0.25) is 14.3 Å². The fraction of sp³-hybridized carbons (Fsp3) is 0.600. The van der Waals surface area contributed by atoms with Crippen LogP contribution in [-0.2, 0) is 16.6 Å².